The molecule has 0 fully saturated rings. The van der Waals surface area contributed by atoms with E-state index in [1.807, 2.05) is 12.1 Å². The molecule has 0 bridgehead atoms. The summed E-state index contributed by atoms with van der Waals surface area (Å²) in [7, 11) is 0. The van der Waals surface area contributed by atoms with Gasteiger partial charge in [0.2, 0.25) is 0 Å². The van der Waals surface area contributed by atoms with E-state index in [9.17, 15) is 5.11 Å². The van der Waals surface area contributed by atoms with Crippen LogP contribution in [0.5, 0.6) is 5.75 Å². The zero-order valence-electron chi connectivity index (χ0n) is 9.89. The maximum Gasteiger partial charge on any atom is 0.115 e. The predicted octanol–water partition coefficient (Wildman–Crippen LogP) is 3.17. The molecule has 2 rings (SSSR count). The lowest BCUT2D eigenvalue weighted by Gasteiger charge is -2.12. The number of phenolic OH excluding ortho intramolecular Hbond substituents is 1. The highest BCUT2D eigenvalue weighted by molar-refractivity contribution is 7.09. The third-order valence-corrected chi connectivity index (χ3v) is 3.55. The van der Waals surface area contributed by atoms with Crippen molar-refractivity contribution in [3.63, 3.8) is 0 Å². The van der Waals surface area contributed by atoms with E-state index in [4.69, 9.17) is 0 Å². The van der Waals surface area contributed by atoms with Crippen LogP contribution in [0.2, 0.25) is 0 Å². The van der Waals surface area contributed by atoms with Crippen molar-refractivity contribution in [3.05, 3.63) is 52.2 Å². The normalized spacial score (nSPS) is 12.5. The Hall–Kier alpha value is -1.32. The van der Waals surface area contributed by atoms with Crippen LogP contribution in [0.25, 0.3) is 0 Å². The first kappa shape index (κ1) is 12.1. The second-order valence-electron chi connectivity index (χ2n) is 4.24. The molecule has 17 heavy (non-hydrogen) atoms. The minimum atomic E-state index is 0.329. The molecule has 0 saturated carbocycles. The van der Waals surface area contributed by atoms with Gasteiger partial charge in [0.1, 0.15) is 5.75 Å². The van der Waals surface area contributed by atoms with E-state index in [2.05, 4.69) is 29.8 Å². The van der Waals surface area contributed by atoms with Crippen molar-refractivity contribution in [3.8, 4) is 5.75 Å². The summed E-state index contributed by atoms with van der Waals surface area (Å²) in [6.07, 6.45) is 1.05. The number of nitrogens with one attached hydrogen (secondary N) is 1. The molecule has 1 unspecified atom stereocenters. The summed E-state index contributed by atoms with van der Waals surface area (Å²) in [6, 6.07) is 12.1. The van der Waals surface area contributed by atoms with E-state index in [1.165, 1.54) is 4.88 Å². The second-order valence-corrected chi connectivity index (χ2v) is 5.27. The molecule has 0 spiro atoms. The fourth-order valence-electron chi connectivity index (χ4n) is 1.76. The largest absolute Gasteiger partial charge is 0.508 e. The van der Waals surface area contributed by atoms with Gasteiger partial charge in [-0.1, -0.05) is 18.2 Å². The Morgan fingerprint density at radius 1 is 1.29 bits per heavy atom. The third kappa shape index (κ3) is 3.88. The minimum absolute atomic E-state index is 0.329. The zero-order valence-corrected chi connectivity index (χ0v) is 10.7. The third-order valence-electron chi connectivity index (χ3n) is 2.65. The average molecular weight is 247 g/mol. The predicted molar refractivity (Wildman–Crippen MR) is 72.4 cm³/mol. The lowest BCUT2D eigenvalue weighted by molar-refractivity contribution is 0.473. The van der Waals surface area contributed by atoms with Gasteiger partial charge in [0, 0.05) is 17.5 Å². The molecule has 0 radical (unpaired) electrons. The molecule has 1 heterocycles. The van der Waals surface area contributed by atoms with Crippen molar-refractivity contribution in [1.82, 2.24) is 5.32 Å². The molecule has 1 aromatic carbocycles. The van der Waals surface area contributed by atoms with Crippen LogP contribution in [-0.4, -0.2) is 11.1 Å². The average Bonchev–Trinajstić information content (AvgIpc) is 2.79. The van der Waals surface area contributed by atoms with Gasteiger partial charge in [-0.05, 0) is 42.5 Å². The summed E-state index contributed by atoms with van der Waals surface area (Å²) in [5, 5.41) is 14.9. The van der Waals surface area contributed by atoms with Crippen LogP contribution in [0, 0.1) is 0 Å². The number of thiophene rings is 1. The molecule has 0 aliphatic carbocycles. The Morgan fingerprint density at radius 2 is 2.18 bits per heavy atom. The molecule has 2 N–H and O–H groups in total. The van der Waals surface area contributed by atoms with Gasteiger partial charge in [-0.3, -0.25) is 0 Å². The number of hydrogen-bond acceptors (Lipinski definition) is 3. The summed E-state index contributed by atoms with van der Waals surface area (Å²) >= 11 is 1.80. The summed E-state index contributed by atoms with van der Waals surface area (Å²) in [6.45, 7) is 2.98. The fourth-order valence-corrected chi connectivity index (χ4v) is 2.60. The molecule has 2 nitrogen and oxygen atoms in total. The highest BCUT2D eigenvalue weighted by atomic mass is 32.1. The topological polar surface area (TPSA) is 32.3 Å². The molecule has 1 atom stereocenters. The Bertz CT molecular complexity index is 453. The van der Waals surface area contributed by atoms with E-state index in [-0.39, 0.29) is 0 Å². The summed E-state index contributed by atoms with van der Waals surface area (Å²) in [5.74, 6) is 0.329. The van der Waals surface area contributed by atoms with Crippen LogP contribution in [0.1, 0.15) is 17.4 Å². The maximum absolute atomic E-state index is 9.36. The van der Waals surface area contributed by atoms with Crippen molar-refractivity contribution >= 4 is 11.3 Å². The van der Waals surface area contributed by atoms with Crippen molar-refractivity contribution < 1.29 is 5.11 Å². The molecule has 1 aromatic heterocycles. The minimum Gasteiger partial charge on any atom is -0.508 e. The fraction of sp³-hybridized carbons (Fsp3) is 0.286. The Balaban J connectivity index is 1.82. The molecule has 2 aromatic rings. The van der Waals surface area contributed by atoms with Gasteiger partial charge >= 0.3 is 0 Å². The standard InChI is InChI=1S/C14H17NOS/c1-11(8-14-6-3-7-17-14)15-10-12-4-2-5-13(16)9-12/h2-7,9,11,15-16H,8,10H2,1H3. The van der Waals surface area contributed by atoms with Crippen LogP contribution in [0.15, 0.2) is 41.8 Å². The monoisotopic (exact) mass is 247 g/mol. The SMILES string of the molecule is CC(Cc1cccs1)NCc1cccc(O)c1. The number of aromatic hydroxyl groups is 1. The van der Waals surface area contributed by atoms with Crippen molar-refractivity contribution in [2.45, 2.75) is 25.9 Å². The summed E-state index contributed by atoms with van der Waals surface area (Å²) in [5.41, 5.74) is 1.11. The van der Waals surface area contributed by atoms with Crippen LogP contribution in [-0.2, 0) is 13.0 Å². The smallest absolute Gasteiger partial charge is 0.115 e. The quantitative estimate of drug-likeness (QED) is 0.850. The molecule has 0 saturated heterocycles. The van der Waals surface area contributed by atoms with Gasteiger partial charge < -0.3 is 10.4 Å². The van der Waals surface area contributed by atoms with Gasteiger partial charge in [-0.15, -0.1) is 11.3 Å². The maximum atomic E-state index is 9.36. The number of rotatable bonds is 5. The van der Waals surface area contributed by atoms with Crippen molar-refractivity contribution in [2.75, 3.05) is 0 Å². The lowest BCUT2D eigenvalue weighted by atomic mass is 10.1. The number of benzene rings is 1. The Kier molecular flexibility index (Phi) is 4.18. The molecule has 0 amide bonds. The van der Waals surface area contributed by atoms with E-state index in [0.29, 0.717) is 11.8 Å². The molecule has 90 valence electrons. The van der Waals surface area contributed by atoms with Crippen LogP contribution >= 0.6 is 11.3 Å². The van der Waals surface area contributed by atoms with Crippen LogP contribution in [0.4, 0.5) is 0 Å². The van der Waals surface area contributed by atoms with E-state index in [1.54, 1.807) is 23.5 Å². The van der Waals surface area contributed by atoms with E-state index < -0.39 is 0 Å². The van der Waals surface area contributed by atoms with Gasteiger partial charge in [0.25, 0.3) is 0 Å². The molecule has 3 heteroatoms. The number of hydrogen-bond donors (Lipinski definition) is 2. The van der Waals surface area contributed by atoms with Gasteiger partial charge in [0.15, 0.2) is 0 Å². The lowest BCUT2D eigenvalue weighted by Crippen LogP contribution is -2.27. The van der Waals surface area contributed by atoms with Crippen LogP contribution < -0.4 is 5.32 Å². The summed E-state index contributed by atoms with van der Waals surface area (Å²) in [4.78, 5) is 1.40. The van der Waals surface area contributed by atoms with Crippen LogP contribution in [0.3, 0.4) is 0 Å². The van der Waals surface area contributed by atoms with E-state index in [0.717, 1.165) is 18.5 Å². The summed E-state index contributed by atoms with van der Waals surface area (Å²) < 4.78 is 0. The molecule has 0 aliphatic rings. The van der Waals surface area contributed by atoms with Gasteiger partial charge in [-0.25, -0.2) is 0 Å². The first-order valence-electron chi connectivity index (χ1n) is 5.78. The molecular weight excluding hydrogens is 230 g/mol. The second kappa shape index (κ2) is 5.84. The Labute approximate surface area is 106 Å². The van der Waals surface area contributed by atoms with Crippen molar-refractivity contribution in [1.29, 1.82) is 0 Å². The first-order chi connectivity index (χ1) is 8.24. The molecule has 0 aliphatic heterocycles. The number of phenols is 1. The van der Waals surface area contributed by atoms with Gasteiger partial charge in [-0.2, -0.15) is 0 Å². The van der Waals surface area contributed by atoms with Gasteiger partial charge in [0.05, 0.1) is 0 Å². The Morgan fingerprint density at radius 3 is 2.88 bits per heavy atom. The first-order valence-corrected chi connectivity index (χ1v) is 6.65. The van der Waals surface area contributed by atoms with E-state index >= 15 is 0 Å². The highest BCUT2D eigenvalue weighted by Crippen LogP contribution is 2.13. The molecular formula is C14H17NOS. The highest BCUT2D eigenvalue weighted by Gasteiger charge is 2.04. The zero-order chi connectivity index (χ0) is 12.1. The van der Waals surface area contributed by atoms with Crippen molar-refractivity contribution in [2.24, 2.45) is 0 Å².